The van der Waals surface area contributed by atoms with Crippen molar-refractivity contribution < 1.29 is 14.7 Å². The predicted molar refractivity (Wildman–Crippen MR) is 82.9 cm³/mol. The summed E-state index contributed by atoms with van der Waals surface area (Å²) in [6, 6.07) is -0.412. The van der Waals surface area contributed by atoms with Crippen molar-refractivity contribution in [2.75, 3.05) is 32.9 Å². The first kappa shape index (κ1) is 16.6. The van der Waals surface area contributed by atoms with Gasteiger partial charge in [0, 0.05) is 25.3 Å². The predicted octanol–water partition coefficient (Wildman–Crippen LogP) is -0.131. The molecule has 21 heavy (non-hydrogen) atoms. The second-order valence-corrected chi connectivity index (χ2v) is 8.22. The molecule has 3 atom stereocenters. The van der Waals surface area contributed by atoms with Crippen molar-refractivity contribution in [3.63, 3.8) is 0 Å². The van der Waals surface area contributed by atoms with Crippen LogP contribution < -0.4 is 5.32 Å². The van der Waals surface area contributed by atoms with Crippen LogP contribution in [-0.2, 0) is 9.59 Å². The lowest BCUT2D eigenvalue weighted by Gasteiger charge is -2.31. The highest BCUT2D eigenvalue weighted by molar-refractivity contribution is 8.01. The second-order valence-electron chi connectivity index (χ2n) is 6.72. The number of nitrogens with one attached hydrogen (secondary N) is 1. The summed E-state index contributed by atoms with van der Waals surface area (Å²) in [6.45, 7) is 4.37. The van der Waals surface area contributed by atoms with E-state index in [4.69, 9.17) is 0 Å². The van der Waals surface area contributed by atoms with Crippen molar-refractivity contribution in [3.05, 3.63) is 0 Å². The number of carbonyl (C=O) groups is 2. The number of amides is 2. The van der Waals surface area contributed by atoms with Crippen LogP contribution in [0.3, 0.4) is 0 Å². The average Bonchev–Trinajstić information content (AvgIpc) is 2.83. The Morgan fingerprint density at radius 1 is 1.62 bits per heavy atom. The Balaban J connectivity index is 1.94. The van der Waals surface area contributed by atoms with Crippen molar-refractivity contribution in [1.29, 1.82) is 0 Å². The summed E-state index contributed by atoms with van der Waals surface area (Å²) >= 11 is 1.67. The highest BCUT2D eigenvalue weighted by atomic mass is 32.2. The van der Waals surface area contributed by atoms with E-state index in [9.17, 15) is 14.7 Å². The summed E-state index contributed by atoms with van der Waals surface area (Å²) in [6.07, 6.45) is 1.32. The summed E-state index contributed by atoms with van der Waals surface area (Å²) < 4.78 is 0. The van der Waals surface area contributed by atoms with E-state index in [0.29, 0.717) is 18.7 Å². The van der Waals surface area contributed by atoms with Gasteiger partial charge in [0.1, 0.15) is 6.04 Å². The van der Waals surface area contributed by atoms with Gasteiger partial charge in [0.05, 0.1) is 10.5 Å². The van der Waals surface area contributed by atoms with E-state index in [1.54, 1.807) is 23.6 Å². The van der Waals surface area contributed by atoms with Crippen LogP contribution in [0.4, 0.5) is 0 Å². The molecule has 2 fully saturated rings. The molecule has 0 bridgehead atoms. The van der Waals surface area contributed by atoms with Crippen molar-refractivity contribution >= 4 is 23.6 Å². The largest absolute Gasteiger partial charge is 0.387 e. The van der Waals surface area contributed by atoms with Crippen LogP contribution in [-0.4, -0.2) is 76.2 Å². The van der Waals surface area contributed by atoms with Crippen LogP contribution in [0.5, 0.6) is 0 Å². The fraction of sp³-hybridized carbons (Fsp3) is 0.857. The number of rotatable bonds is 5. The molecule has 6 nitrogen and oxygen atoms in total. The molecule has 0 aromatic rings. The molecule has 2 heterocycles. The fourth-order valence-electron chi connectivity index (χ4n) is 3.15. The van der Waals surface area contributed by atoms with Crippen LogP contribution in [0.25, 0.3) is 0 Å². The number of thioether (sulfide) groups is 1. The maximum atomic E-state index is 12.4. The van der Waals surface area contributed by atoms with E-state index in [1.807, 2.05) is 25.9 Å². The molecule has 2 amide bonds. The highest BCUT2D eigenvalue weighted by Gasteiger charge is 2.52. The third-order valence-electron chi connectivity index (χ3n) is 4.05. The van der Waals surface area contributed by atoms with Gasteiger partial charge in [-0.25, -0.2) is 0 Å². The molecular weight excluding hydrogens is 290 g/mol. The summed E-state index contributed by atoms with van der Waals surface area (Å²) in [5.41, 5.74) is -0.983. The molecule has 120 valence electrons. The van der Waals surface area contributed by atoms with Gasteiger partial charge in [-0.15, -0.1) is 11.8 Å². The van der Waals surface area contributed by atoms with Crippen LogP contribution in [0.1, 0.15) is 26.7 Å². The standard InChI is InChI=1S/C14H25N3O3S/c1-13(20,9-16(3)4)8-15-12(19)10-7-21-14(2)6-5-11(18)17(10)14/h10,20H,5-9H2,1-4H3,(H,15,19). The van der Waals surface area contributed by atoms with Crippen LogP contribution in [0.2, 0.25) is 0 Å². The Bertz CT molecular complexity index is 441. The average molecular weight is 315 g/mol. The highest BCUT2D eigenvalue weighted by Crippen LogP contribution is 2.47. The zero-order valence-electron chi connectivity index (χ0n) is 13.2. The van der Waals surface area contributed by atoms with E-state index in [-0.39, 0.29) is 23.2 Å². The van der Waals surface area contributed by atoms with Gasteiger partial charge in [0.25, 0.3) is 0 Å². The molecule has 7 heteroatoms. The van der Waals surface area contributed by atoms with E-state index < -0.39 is 11.6 Å². The van der Waals surface area contributed by atoms with Gasteiger partial charge in [0.2, 0.25) is 11.8 Å². The molecule has 0 radical (unpaired) electrons. The van der Waals surface area contributed by atoms with Gasteiger partial charge in [-0.1, -0.05) is 0 Å². The fourth-order valence-corrected chi connectivity index (χ4v) is 4.58. The Hall–Kier alpha value is -0.790. The zero-order valence-corrected chi connectivity index (χ0v) is 14.0. The lowest BCUT2D eigenvalue weighted by molar-refractivity contribution is -0.138. The number of aliphatic hydroxyl groups is 1. The minimum absolute atomic E-state index is 0.0581. The molecule has 0 aromatic heterocycles. The Kier molecular flexibility index (Phi) is 4.56. The van der Waals surface area contributed by atoms with Crippen molar-refractivity contribution in [2.24, 2.45) is 0 Å². The quantitative estimate of drug-likeness (QED) is 0.739. The van der Waals surface area contributed by atoms with Crippen molar-refractivity contribution in [3.8, 4) is 0 Å². The molecule has 2 saturated heterocycles. The Morgan fingerprint density at radius 3 is 2.90 bits per heavy atom. The summed E-state index contributed by atoms with van der Waals surface area (Å²) in [5.74, 6) is 0.521. The minimum atomic E-state index is -0.983. The van der Waals surface area contributed by atoms with Crippen LogP contribution >= 0.6 is 11.8 Å². The zero-order chi connectivity index (χ0) is 15.8. The molecule has 0 spiro atoms. The van der Waals surface area contributed by atoms with Crippen LogP contribution in [0.15, 0.2) is 0 Å². The maximum Gasteiger partial charge on any atom is 0.243 e. The molecule has 2 aliphatic rings. The molecular formula is C14H25N3O3S. The lowest BCUT2D eigenvalue weighted by Crippen LogP contribution is -2.54. The van der Waals surface area contributed by atoms with Crippen LogP contribution in [0, 0.1) is 0 Å². The van der Waals surface area contributed by atoms with Gasteiger partial charge in [0.15, 0.2) is 0 Å². The van der Waals surface area contributed by atoms with Gasteiger partial charge in [-0.2, -0.15) is 0 Å². The van der Waals surface area contributed by atoms with Crippen molar-refractivity contribution in [1.82, 2.24) is 15.1 Å². The molecule has 0 aliphatic carbocycles. The maximum absolute atomic E-state index is 12.4. The van der Waals surface area contributed by atoms with Gasteiger partial charge in [-0.3, -0.25) is 9.59 Å². The van der Waals surface area contributed by atoms with E-state index in [0.717, 1.165) is 6.42 Å². The third-order valence-corrected chi connectivity index (χ3v) is 5.55. The number of carbonyl (C=O) groups excluding carboxylic acids is 2. The topological polar surface area (TPSA) is 72.9 Å². The second kappa shape index (κ2) is 5.78. The summed E-state index contributed by atoms with van der Waals surface area (Å²) in [7, 11) is 3.75. The van der Waals surface area contributed by atoms with Gasteiger partial charge >= 0.3 is 0 Å². The summed E-state index contributed by atoms with van der Waals surface area (Å²) in [5, 5.41) is 13.0. The van der Waals surface area contributed by atoms with Gasteiger partial charge < -0.3 is 20.2 Å². The smallest absolute Gasteiger partial charge is 0.243 e. The molecule has 2 rings (SSSR count). The first-order chi connectivity index (χ1) is 9.65. The summed E-state index contributed by atoms with van der Waals surface area (Å²) in [4.78, 5) is 27.7. The normalized spacial score (nSPS) is 31.4. The lowest BCUT2D eigenvalue weighted by atomic mass is 10.1. The number of hydrogen-bond donors (Lipinski definition) is 2. The van der Waals surface area contributed by atoms with Gasteiger partial charge in [-0.05, 0) is 34.4 Å². The van der Waals surface area contributed by atoms with E-state index in [1.165, 1.54) is 0 Å². The number of likely N-dealkylation sites (N-methyl/N-ethyl adjacent to an activating group) is 1. The SMILES string of the molecule is CN(C)CC(C)(O)CNC(=O)C1CSC2(C)CCC(=O)N12. The molecule has 2 N–H and O–H groups in total. The van der Waals surface area contributed by atoms with Crippen molar-refractivity contribution in [2.45, 2.75) is 43.2 Å². The Morgan fingerprint density at radius 2 is 2.29 bits per heavy atom. The monoisotopic (exact) mass is 315 g/mol. The minimum Gasteiger partial charge on any atom is -0.387 e. The first-order valence-electron chi connectivity index (χ1n) is 7.26. The first-order valence-corrected chi connectivity index (χ1v) is 8.24. The molecule has 2 aliphatic heterocycles. The van der Waals surface area contributed by atoms with E-state index in [2.05, 4.69) is 5.32 Å². The number of nitrogens with zero attached hydrogens (tertiary/aromatic N) is 2. The van der Waals surface area contributed by atoms with E-state index >= 15 is 0 Å². The molecule has 0 aromatic carbocycles. The Labute approximate surface area is 130 Å². The third kappa shape index (κ3) is 3.52. The molecule has 3 unspecified atom stereocenters. The number of hydrogen-bond acceptors (Lipinski definition) is 5. The molecule has 0 saturated carbocycles. The number of fused-ring (bicyclic) bond motifs is 1.